The second kappa shape index (κ2) is 9.95. The van der Waals surface area contributed by atoms with E-state index in [4.69, 9.17) is 9.90 Å². The van der Waals surface area contributed by atoms with Gasteiger partial charge in [0.25, 0.3) is 5.91 Å². The van der Waals surface area contributed by atoms with Crippen LogP contribution in [-0.4, -0.2) is 62.1 Å². The first-order valence-corrected chi connectivity index (χ1v) is 10.2. The maximum Gasteiger partial charge on any atom is 0.490 e. The number of rotatable bonds is 3. The Hall–Kier alpha value is -2.88. The number of nitrogens with zero attached hydrogens (tertiary/aromatic N) is 4. The van der Waals surface area contributed by atoms with Gasteiger partial charge in [0.2, 0.25) is 0 Å². The van der Waals surface area contributed by atoms with Gasteiger partial charge in [-0.15, -0.1) is 0 Å². The summed E-state index contributed by atoms with van der Waals surface area (Å²) in [6, 6.07) is 9.59. The molecule has 4 rings (SSSR count). The number of aryl methyl sites for hydroxylation is 1. The van der Waals surface area contributed by atoms with E-state index in [2.05, 4.69) is 14.5 Å². The fourth-order valence-corrected chi connectivity index (χ4v) is 3.74. The van der Waals surface area contributed by atoms with Crippen LogP contribution in [0, 0.1) is 0 Å². The van der Waals surface area contributed by atoms with Crippen LogP contribution in [0.4, 0.5) is 13.2 Å². The minimum absolute atomic E-state index is 0.123. The Kier molecular flexibility index (Phi) is 7.32. The number of amides is 1. The molecule has 1 N–H and O–H groups in total. The van der Waals surface area contributed by atoms with Crippen molar-refractivity contribution in [1.29, 1.82) is 0 Å². The molecule has 0 spiro atoms. The number of halogens is 3. The molecule has 0 unspecified atom stereocenters. The predicted molar refractivity (Wildman–Crippen MR) is 106 cm³/mol. The summed E-state index contributed by atoms with van der Waals surface area (Å²) < 4.78 is 34.0. The van der Waals surface area contributed by atoms with Gasteiger partial charge in [-0.1, -0.05) is 18.2 Å². The van der Waals surface area contributed by atoms with Crippen molar-refractivity contribution in [2.24, 2.45) is 0 Å². The van der Waals surface area contributed by atoms with Crippen molar-refractivity contribution in [2.45, 2.75) is 45.1 Å². The van der Waals surface area contributed by atoms with E-state index in [0.717, 1.165) is 37.3 Å². The van der Waals surface area contributed by atoms with Crippen molar-refractivity contribution >= 4 is 11.9 Å². The fraction of sp³-hybridized carbons (Fsp3) is 0.476. The minimum Gasteiger partial charge on any atom is -0.475 e. The normalized spacial score (nSPS) is 16.8. The van der Waals surface area contributed by atoms with Gasteiger partial charge in [0, 0.05) is 25.2 Å². The standard InChI is InChI=1S/C19H24N4O.C2HF3O2/c24-19(16-7-2-1-3-8-16)22-11-6-12-23-15-20-17(18(23)14-22)13-21-9-4-5-10-21;3-2(4,5)1(6)7/h1-3,7-8,15H,4-6,9-14H2;(H,6,7). The van der Waals surface area contributed by atoms with Crippen molar-refractivity contribution in [3.8, 4) is 0 Å². The zero-order valence-electron chi connectivity index (χ0n) is 17.0. The summed E-state index contributed by atoms with van der Waals surface area (Å²) in [6.07, 6.45) is 0.422. The van der Waals surface area contributed by atoms with Crippen molar-refractivity contribution < 1.29 is 27.9 Å². The van der Waals surface area contributed by atoms with Gasteiger partial charge in [-0.3, -0.25) is 9.69 Å². The monoisotopic (exact) mass is 438 g/mol. The summed E-state index contributed by atoms with van der Waals surface area (Å²) in [6.45, 7) is 5.66. The Balaban J connectivity index is 0.000000339. The van der Waals surface area contributed by atoms with Crippen LogP contribution in [0.5, 0.6) is 0 Å². The van der Waals surface area contributed by atoms with E-state index in [0.29, 0.717) is 6.54 Å². The lowest BCUT2D eigenvalue weighted by atomic mass is 10.2. The van der Waals surface area contributed by atoms with Gasteiger partial charge >= 0.3 is 12.1 Å². The molecule has 1 amide bonds. The molecule has 1 saturated heterocycles. The van der Waals surface area contributed by atoms with Gasteiger partial charge in [0.1, 0.15) is 0 Å². The van der Waals surface area contributed by atoms with Crippen LogP contribution in [0.25, 0.3) is 0 Å². The Morgan fingerprint density at radius 2 is 1.65 bits per heavy atom. The first-order valence-electron chi connectivity index (χ1n) is 10.2. The van der Waals surface area contributed by atoms with Gasteiger partial charge in [0.05, 0.1) is 24.3 Å². The number of hydrogen-bond acceptors (Lipinski definition) is 4. The van der Waals surface area contributed by atoms with Crippen molar-refractivity contribution in [1.82, 2.24) is 19.4 Å². The number of benzene rings is 1. The third-order valence-corrected chi connectivity index (χ3v) is 5.32. The van der Waals surface area contributed by atoms with Gasteiger partial charge in [-0.05, 0) is 44.5 Å². The number of hydrogen-bond donors (Lipinski definition) is 1. The van der Waals surface area contributed by atoms with Crippen molar-refractivity contribution in [3.05, 3.63) is 53.6 Å². The Morgan fingerprint density at radius 1 is 1.00 bits per heavy atom. The van der Waals surface area contributed by atoms with Crippen LogP contribution in [0.2, 0.25) is 0 Å². The first kappa shape index (κ1) is 22.8. The topological polar surface area (TPSA) is 78.7 Å². The van der Waals surface area contributed by atoms with Crippen LogP contribution in [-0.2, 0) is 24.4 Å². The third-order valence-electron chi connectivity index (χ3n) is 5.32. The molecule has 0 radical (unpaired) electrons. The Morgan fingerprint density at radius 3 is 2.26 bits per heavy atom. The summed E-state index contributed by atoms with van der Waals surface area (Å²) in [5.74, 6) is -2.63. The molecule has 1 fully saturated rings. The van der Waals surface area contributed by atoms with Crippen molar-refractivity contribution in [3.63, 3.8) is 0 Å². The van der Waals surface area contributed by atoms with E-state index < -0.39 is 12.1 Å². The molecular formula is C21H25F3N4O3. The summed E-state index contributed by atoms with van der Waals surface area (Å²) in [5.41, 5.74) is 3.12. The van der Waals surface area contributed by atoms with Crippen LogP contribution >= 0.6 is 0 Å². The molecule has 7 nitrogen and oxygen atoms in total. The number of likely N-dealkylation sites (tertiary alicyclic amines) is 1. The maximum absolute atomic E-state index is 12.8. The molecule has 0 atom stereocenters. The first-order chi connectivity index (χ1) is 14.8. The van der Waals surface area contributed by atoms with Crippen LogP contribution in [0.15, 0.2) is 36.7 Å². The summed E-state index contributed by atoms with van der Waals surface area (Å²) in [4.78, 5) is 30.8. The SMILES string of the molecule is O=C(O)C(F)(F)F.O=C(c1ccccc1)N1CCCn2cnc(CN3CCCC3)c2C1. The molecule has 0 bridgehead atoms. The second-order valence-electron chi connectivity index (χ2n) is 7.56. The van der Waals surface area contributed by atoms with Crippen LogP contribution < -0.4 is 0 Å². The molecule has 2 aromatic rings. The quantitative estimate of drug-likeness (QED) is 0.797. The molecule has 0 saturated carbocycles. The molecule has 2 aliphatic rings. The highest BCUT2D eigenvalue weighted by Gasteiger charge is 2.38. The largest absolute Gasteiger partial charge is 0.490 e. The molecule has 2 aliphatic heterocycles. The number of aliphatic carboxylic acids is 1. The van der Waals surface area contributed by atoms with Crippen molar-refractivity contribution in [2.75, 3.05) is 19.6 Å². The Bertz CT molecular complexity index is 893. The van der Waals surface area contributed by atoms with E-state index in [-0.39, 0.29) is 5.91 Å². The van der Waals surface area contributed by atoms with Gasteiger partial charge in [-0.25, -0.2) is 9.78 Å². The summed E-state index contributed by atoms with van der Waals surface area (Å²) in [7, 11) is 0. The third kappa shape index (κ3) is 6.06. The van der Waals surface area contributed by atoms with Crippen LogP contribution in [0.3, 0.4) is 0 Å². The zero-order valence-corrected chi connectivity index (χ0v) is 17.0. The summed E-state index contributed by atoms with van der Waals surface area (Å²) in [5, 5.41) is 7.12. The number of fused-ring (bicyclic) bond motifs is 1. The lowest BCUT2D eigenvalue weighted by molar-refractivity contribution is -0.192. The average Bonchev–Trinajstić information content (AvgIpc) is 3.33. The number of carboxylic acids is 1. The number of aromatic nitrogens is 2. The highest BCUT2D eigenvalue weighted by molar-refractivity contribution is 5.94. The lowest BCUT2D eigenvalue weighted by Gasteiger charge is -2.21. The highest BCUT2D eigenvalue weighted by Crippen LogP contribution is 2.21. The molecule has 31 heavy (non-hydrogen) atoms. The second-order valence-corrected chi connectivity index (χ2v) is 7.56. The van der Waals surface area contributed by atoms with E-state index in [1.165, 1.54) is 31.6 Å². The van der Waals surface area contributed by atoms with Gasteiger partial charge in [-0.2, -0.15) is 13.2 Å². The summed E-state index contributed by atoms with van der Waals surface area (Å²) >= 11 is 0. The van der Waals surface area contributed by atoms with Gasteiger partial charge in [0.15, 0.2) is 0 Å². The zero-order chi connectivity index (χ0) is 22.4. The van der Waals surface area contributed by atoms with E-state index in [9.17, 15) is 18.0 Å². The lowest BCUT2D eigenvalue weighted by Crippen LogP contribution is -2.31. The average molecular weight is 438 g/mol. The Labute approximate surface area is 178 Å². The van der Waals surface area contributed by atoms with Crippen LogP contribution in [0.1, 0.15) is 41.0 Å². The molecule has 3 heterocycles. The molecule has 1 aromatic heterocycles. The molecule has 10 heteroatoms. The molecule has 0 aliphatic carbocycles. The number of carbonyl (C=O) groups excluding carboxylic acids is 1. The highest BCUT2D eigenvalue weighted by atomic mass is 19.4. The number of imidazole rings is 1. The van der Waals surface area contributed by atoms with E-state index in [1.807, 2.05) is 41.6 Å². The minimum atomic E-state index is -5.08. The smallest absolute Gasteiger partial charge is 0.475 e. The number of carboxylic acid groups (broad SMARTS) is 1. The van der Waals surface area contributed by atoms with E-state index >= 15 is 0 Å². The maximum atomic E-state index is 12.8. The molecule has 168 valence electrons. The molecular weight excluding hydrogens is 413 g/mol. The predicted octanol–water partition coefficient (Wildman–Crippen LogP) is 3.16. The number of carbonyl (C=O) groups is 2. The fourth-order valence-electron chi connectivity index (χ4n) is 3.74. The number of alkyl halides is 3. The van der Waals surface area contributed by atoms with E-state index in [1.54, 1.807) is 0 Å². The molecule has 1 aromatic carbocycles. The van der Waals surface area contributed by atoms with Gasteiger partial charge < -0.3 is 14.6 Å².